The van der Waals surface area contributed by atoms with Crippen molar-refractivity contribution in [3.05, 3.63) is 59.2 Å². The molecule has 4 N–H and O–H groups in total. The highest BCUT2D eigenvalue weighted by molar-refractivity contribution is 7.80. The number of rotatable bonds is 3. The van der Waals surface area contributed by atoms with Gasteiger partial charge in [0.2, 0.25) is 0 Å². The lowest BCUT2D eigenvalue weighted by molar-refractivity contribution is 0.102. The van der Waals surface area contributed by atoms with E-state index in [9.17, 15) is 4.79 Å². The third kappa shape index (κ3) is 3.79. The second-order valence-electron chi connectivity index (χ2n) is 4.79. The molecule has 0 heterocycles. The van der Waals surface area contributed by atoms with E-state index in [1.807, 2.05) is 38.1 Å². The van der Waals surface area contributed by atoms with Gasteiger partial charge in [-0.15, -0.1) is 0 Å². The average molecular weight is 299 g/mol. The van der Waals surface area contributed by atoms with Gasteiger partial charge in [0, 0.05) is 5.69 Å². The Balaban J connectivity index is 2.24. The smallest absolute Gasteiger partial charge is 0.257 e. The minimum absolute atomic E-state index is 0.126. The molecule has 0 atom stereocenters. The molecule has 0 fully saturated rings. The van der Waals surface area contributed by atoms with E-state index >= 15 is 0 Å². The number of carbonyl (C=O) groups excluding carboxylic acids is 1. The van der Waals surface area contributed by atoms with E-state index < -0.39 is 0 Å². The summed E-state index contributed by atoms with van der Waals surface area (Å²) in [5, 5.41) is 5.81. The van der Waals surface area contributed by atoms with Crippen LogP contribution in [0.3, 0.4) is 0 Å². The van der Waals surface area contributed by atoms with E-state index in [1.54, 1.807) is 18.2 Å². The Kier molecular flexibility index (Phi) is 4.55. The maximum Gasteiger partial charge on any atom is 0.257 e. The number of hydrogen-bond acceptors (Lipinski definition) is 2. The number of benzene rings is 2. The molecule has 4 nitrogen and oxygen atoms in total. The van der Waals surface area contributed by atoms with E-state index in [0.717, 1.165) is 11.3 Å². The van der Waals surface area contributed by atoms with Crippen molar-refractivity contribution in [2.24, 2.45) is 5.73 Å². The molecule has 0 spiro atoms. The summed E-state index contributed by atoms with van der Waals surface area (Å²) in [5.41, 5.74) is 9.62. The number of amides is 1. The minimum Gasteiger partial charge on any atom is -0.376 e. The predicted molar refractivity (Wildman–Crippen MR) is 90.7 cm³/mol. The molecule has 5 heteroatoms. The summed E-state index contributed by atoms with van der Waals surface area (Å²) >= 11 is 4.82. The van der Waals surface area contributed by atoms with Crippen molar-refractivity contribution < 1.29 is 4.79 Å². The molecule has 0 aliphatic carbocycles. The number of thiocarbonyl (C=S) groups is 1. The largest absolute Gasteiger partial charge is 0.376 e. The fraction of sp³-hybridized carbons (Fsp3) is 0.125. The summed E-state index contributed by atoms with van der Waals surface area (Å²) in [7, 11) is 0. The minimum atomic E-state index is -0.211. The maximum atomic E-state index is 12.4. The monoisotopic (exact) mass is 299 g/mol. The number of nitrogens with two attached hydrogens (primary N) is 1. The topological polar surface area (TPSA) is 67.2 Å². The molecule has 2 rings (SSSR count). The highest BCUT2D eigenvalue weighted by Crippen LogP contribution is 2.19. The van der Waals surface area contributed by atoms with Crippen LogP contribution in [0.5, 0.6) is 0 Å². The first-order valence-corrected chi connectivity index (χ1v) is 6.92. The number of anilines is 2. The van der Waals surface area contributed by atoms with Gasteiger partial charge in [-0.1, -0.05) is 18.2 Å². The highest BCUT2D eigenvalue weighted by Gasteiger charge is 2.11. The van der Waals surface area contributed by atoms with Crippen LogP contribution in [0.15, 0.2) is 42.5 Å². The Morgan fingerprint density at radius 2 is 1.76 bits per heavy atom. The Morgan fingerprint density at radius 1 is 1.05 bits per heavy atom. The molecule has 0 saturated heterocycles. The van der Waals surface area contributed by atoms with Crippen molar-refractivity contribution in [2.45, 2.75) is 13.8 Å². The van der Waals surface area contributed by atoms with E-state index in [4.69, 9.17) is 18.0 Å². The first-order valence-electron chi connectivity index (χ1n) is 6.51. The van der Waals surface area contributed by atoms with Crippen molar-refractivity contribution in [2.75, 3.05) is 10.6 Å². The average Bonchev–Trinajstić information content (AvgIpc) is 2.43. The molecular formula is C16H17N3OS. The van der Waals surface area contributed by atoms with Gasteiger partial charge in [0.25, 0.3) is 5.91 Å². The lowest BCUT2D eigenvalue weighted by Gasteiger charge is -2.12. The summed E-state index contributed by atoms with van der Waals surface area (Å²) in [6.45, 7) is 4.04. The molecule has 0 bridgehead atoms. The molecule has 2 aromatic rings. The van der Waals surface area contributed by atoms with Crippen LogP contribution in [0.25, 0.3) is 0 Å². The van der Waals surface area contributed by atoms with Crippen LogP contribution in [0.2, 0.25) is 0 Å². The lowest BCUT2D eigenvalue weighted by atomic mass is 10.1. The third-order valence-corrected chi connectivity index (χ3v) is 3.30. The molecule has 0 aliphatic heterocycles. The quantitative estimate of drug-likeness (QED) is 0.761. The van der Waals surface area contributed by atoms with Gasteiger partial charge >= 0.3 is 0 Å². The van der Waals surface area contributed by atoms with E-state index in [1.165, 1.54) is 5.56 Å². The zero-order valence-electron chi connectivity index (χ0n) is 11.9. The number of hydrogen-bond donors (Lipinski definition) is 3. The fourth-order valence-electron chi connectivity index (χ4n) is 1.94. The van der Waals surface area contributed by atoms with Crippen LogP contribution in [0, 0.1) is 13.8 Å². The van der Waals surface area contributed by atoms with Crippen molar-refractivity contribution in [3.8, 4) is 0 Å². The van der Waals surface area contributed by atoms with Gasteiger partial charge in [-0.25, -0.2) is 0 Å². The van der Waals surface area contributed by atoms with Gasteiger partial charge in [0.1, 0.15) is 0 Å². The number of aryl methyl sites for hydroxylation is 2. The molecule has 0 unspecified atom stereocenters. The van der Waals surface area contributed by atoms with Gasteiger partial charge in [0.05, 0.1) is 11.3 Å². The van der Waals surface area contributed by atoms with Gasteiger partial charge in [-0.3, -0.25) is 4.79 Å². The van der Waals surface area contributed by atoms with Crippen molar-refractivity contribution in [3.63, 3.8) is 0 Å². The molecule has 1 amide bonds. The SMILES string of the molecule is Cc1ccc(NC(=O)c2ccccc2NC(N)=S)cc1C. The van der Waals surface area contributed by atoms with Crippen LogP contribution >= 0.6 is 12.2 Å². The molecule has 0 aliphatic rings. The van der Waals surface area contributed by atoms with Crippen LogP contribution in [0.4, 0.5) is 11.4 Å². The molecule has 21 heavy (non-hydrogen) atoms. The number of nitrogens with one attached hydrogen (secondary N) is 2. The Morgan fingerprint density at radius 3 is 2.43 bits per heavy atom. The number of para-hydroxylation sites is 1. The molecule has 0 radical (unpaired) electrons. The van der Waals surface area contributed by atoms with Gasteiger partial charge in [-0.05, 0) is 61.5 Å². The molecule has 108 valence electrons. The van der Waals surface area contributed by atoms with Gasteiger partial charge in [-0.2, -0.15) is 0 Å². The van der Waals surface area contributed by atoms with Crippen LogP contribution < -0.4 is 16.4 Å². The van der Waals surface area contributed by atoms with Crippen LogP contribution in [-0.2, 0) is 0 Å². The van der Waals surface area contributed by atoms with Crippen molar-refractivity contribution in [1.29, 1.82) is 0 Å². The summed E-state index contributed by atoms with van der Waals surface area (Å²) < 4.78 is 0. The molecule has 2 aromatic carbocycles. The van der Waals surface area contributed by atoms with Crippen LogP contribution in [0.1, 0.15) is 21.5 Å². The number of carbonyl (C=O) groups is 1. The van der Waals surface area contributed by atoms with Gasteiger partial charge in [0.15, 0.2) is 5.11 Å². The Bertz CT molecular complexity index is 698. The summed E-state index contributed by atoms with van der Waals surface area (Å²) in [4.78, 5) is 12.4. The van der Waals surface area contributed by atoms with E-state index in [2.05, 4.69) is 10.6 Å². The predicted octanol–water partition coefficient (Wildman–Crippen LogP) is 3.21. The zero-order chi connectivity index (χ0) is 15.4. The van der Waals surface area contributed by atoms with E-state index in [-0.39, 0.29) is 11.0 Å². The summed E-state index contributed by atoms with van der Waals surface area (Å²) in [5.74, 6) is -0.211. The molecule has 0 saturated carbocycles. The van der Waals surface area contributed by atoms with Gasteiger partial charge < -0.3 is 16.4 Å². The van der Waals surface area contributed by atoms with E-state index in [0.29, 0.717) is 11.3 Å². The lowest BCUT2D eigenvalue weighted by Crippen LogP contribution is -2.22. The maximum absolute atomic E-state index is 12.4. The van der Waals surface area contributed by atoms with Crippen molar-refractivity contribution in [1.82, 2.24) is 0 Å². The van der Waals surface area contributed by atoms with Crippen molar-refractivity contribution >= 4 is 34.6 Å². The standard InChI is InChI=1S/C16H17N3OS/c1-10-7-8-12(9-11(10)2)18-15(20)13-5-3-4-6-14(13)19-16(17)21/h3-9H,1-2H3,(H,18,20)(H3,17,19,21). The normalized spacial score (nSPS) is 10.0. The van der Waals surface area contributed by atoms with Crippen LogP contribution in [-0.4, -0.2) is 11.0 Å². The third-order valence-electron chi connectivity index (χ3n) is 3.19. The second kappa shape index (κ2) is 6.37. The fourth-order valence-corrected chi connectivity index (χ4v) is 2.05. The molecular weight excluding hydrogens is 282 g/mol. The first-order chi connectivity index (χ1) is 9.97. The summed E-state index contributed by atoms with van der Waals surface area (Å²) in [6.07, 6.45) is 0. The Hall–Kier alpha value is -2.40. The first kappa shape index (κ1) is 15.0. The zero-order valence-corrected chi connectivity index (χ0v) is 12.8. The highest BCUT2D eigenvalue weighted by atomic mass is 32.1. The summed E-state index contributed by atoms with van der Waals surface area (Å²) in [6, 6.07) is 12.9. The molecule has 0 aromatic heterocycles. The Labute approximate surface area is 129 Å². The second-order valence-corrected chi connectivity index (χ2v) is 5.23.